The van der Waals surface area contributed by atoms with Gasteiger partial charge in [-0.05, 0) is 51.1 Å². The van der Waals surface area contributed by atoms with E-state index in [1.807, 2.05) is 7.05 Å². The van der Waals surface area contributed by atoms with Gasteiger partial charge in [0.2, 0.25) is 5.95 Å². The Balaban J connectivity index is 1.46. The number of rotatable bonds is 7. The number of fused-ring (bicyclic) bond motifs is 2. The van der Waals surface area contributed by atoms with E-state index in [2.05, 4.69) is 62.7 Å². The SMILES string of the molecule is C=CCn1c(=O)c2cnc(Nc3cc(N4CCO[C@H](C)C4)c4ccn(C)c4c3)nc2n1-c1cccc(C(C)(C)O)n1. The van der Waals surface area contributed by atoms with Crippen molar-refractivity contribution in [2.75, 3.05) is 29.9 Å². The molecule has 0 spiro atoms. The summed E-state index contributed by atoms with van der Waals surface area (Å²) in [6, 6.07) is 11.6. The van der Waals surface area contributed by atoms with Crippen LogP contribution >= 0.6 is 0 Å². The number of benzene rings is 1. The van der Waals surface area contributed by atoms with Gasteiger partial charge in [-0.15, -0.1) is 6.58 Å². The molecule has 1 atom stereocenters. The minimum atomic E-state index is -1.16. The second-order valence-electron chi connectivity index (χ2n) is 11.0. The number of hydrogen-bond donors (Lipinski definition) is 2. The van der Waals surface area contributed by atoms with Crippen LogP contribution in [0.4, 0.5) is 17.3 Å². The van der Waals surface area contributed by atoms with Gasteiger partial charge >= 0.3 is 0 Å². The summed E-state index contributed by atoms with van der Waals surface area (Å²) in [6.07, 6.45) is 5.38. The van der Waals surface area contributed by atoms with Crippen molar-refractivity contribution in [3.05, 3.63) is 77.5 Å². The molecular weight excluding hydrogens is 520 g/mol. The average molecular weight is 555 g/mol. The summed E-state index contributed by atoms with van der Waals surface area (Å²) in [7, 11) is 2.02. The van der Waals surface area contributed by atoms with Gasteiger partial charge in [0.15, 0.2) is 11.5 Å². The molecule has 2 N–H and O–H groups in total. The number of ether oxygens (including phenoxy) is 1. The van der Waals surface area contributed by atoms with Crippen LogP contribution in [0.1, 0.15) is 26.5 Å². The van der Waals surface area contributed by atoms with Gasteiger partial charge in [-0.25, -0.2) is 19.3 Å². The fourth-order valence-corrected chi connectivity index (χ4v) is 5.34. The van der Waals surface area contributed by atoms with E-state index >= 15 is 0 Å². The summed E-state index contributed by atoms with van der Waals surface area (Å²) < 4.78 is 11.0. The molecule has 11 heteroatoms. The van der Waals surface area contributed by atoms with E-state index in [9.17, 15) is 9.90 Å². The fourth-order valence-electron chi connectivity index (χ4n) is 5.34. The first-order valence-electron chi connectivity index (χ1n) is 13.7. The standard InChI is InChI=1S/C30H34N8O3/c1-6-11-37-28(39)22-17-31-29(34-27(22)38(37)26-9-7-8-25(33-26)30(3,4)40)32-20-15-23-21(10-12-35(23)5)24(16-20)36-13-14-41-19(2)18-36/h6-10,12,15-17,19,40H,1,11,13-14,18H2,2-5H3,(H,31,32,34)/t19-/m1/s1. The van der Waals surface area contributed by atoms with Crippen molar-refractivity contribution in [3.63, 3.8) is 0 Å². The third kappa shape index (κ3) is 4.87. The zero-order chi connectivity index (χ0) is 28.9. The van der Waals surface area contributed by atoms with E-state index in [0.717, 1.165) is 35.4 Å². The zero-order valence-corrected chi connectivity index (χ0v) is 23.7. The Morgan fingerprint density at radius 3 is 2.80 bits per heavy atom. The summed E-state index contributed by atoms with van der Waals surface area (Å²) >= 11 is 0. The fraction of sp³-hybridized carbons (Fsp3) is 0.333. The van der Waals surface area contributed by atoms with Crippen molar-refractivity contribution >= 4 is 39.3 Å². The first-order valence-corrected chi connectivity index (χ1v) is 13.7. The highest BCUT2D eigenvalue weighted by Crippen LogP contribution is 2.33. The molecule has 1 aliphatic rings. The van der Waals surface area contributed by atoms with Gasteiger partial charge in [-0.1, -0.05) is 12.1 Å². The number of hydrogen-bond acceptors (Lipinski definition) is 8. The van der Waals surface area contributed by atoms with E-state index in [-0.39, 0.29) is 18.2 Å². The summed E-state index contributed by atoms with van der Waals surface area (Å²) in [5.41, 5.74) is 2.48. The van der Waals surface area contributed by atoms with E-state index in [1.165, 1.54) is 10.9 Å². The molecule has 6 rings (SSSR count). The van der Waals surface area contributed by atoms with Gasteiger partial charge in [-0.3, -0.25) is 4.79 Å². The molecule has 5 aromatic rings. The number of allylic oxidation sites excluding steroid dienone is 1. The van der Waals surface area contributed by atoms with E-state index in [0.29, 0.717) is 35.1 Å². The average Bonchev–Trinajstić information content (AvgIpc) is 3.44. The molecule has 1 aliphatic heterocycles. The van der Waals surface area contributed by atoms with E-state index in [4.69, 9.17) is 9.72 Å². The van der Waals surface area contributed by atoms with Crippen LogP contribution in [0, 0.1) is 0 Å². The number of anilines is 3. The third-order valence-corrected chi connectivity index (χ3v) is 7.37. The van der Waals surface area contributed by atoms with Crippen molar-refractivity contribution in [3.8, 4) is 5.82 Å². The summed E-state index contributed by atoms with van der Waals surface area (Å²) in [4.78, 5) is 29.7. The lowest BCUT2D eigenvalue weighted by atomic mass is 10.1. The minimum Gasteiger partial charge on any atom is -0.384 e. The first kappa shape index (κ1) is 26.7. The highest BCUT2D eigenvalue weighted by atomic mass is 16.5. The second kappa shape index (κ2) is 10.2. The normalized spacial score (nSPS) is 16.0. The largest absolute Gasteiger partial charge is 0.384 e. The first-order chi connectivity index (χ1) is 19.6. The molecule has 0 aliphatic carbocycles. The van der Waals surface area contributed by atoms with Crippen LogP contribution in [0.2, 0.25) is 0 Å². The molecule has 1 aromatic carbocycles. The van der Waals surface area contributed by atoms with Gasteiger partial charge in [0.1, 0.15) is 11.0 Å². The molecule has 5 heterocycles. The highest BCUT2D eigenvalue weighted by Gasteiger charge is 2.23. The third-order valence-electron chi connectivity index (χ3n) is 7.37. The van der Waals surface area contributed by atoms with Gasteiger partial charge < -0.3 is 24.6 Å². The molecule has 1 fully saturated rings. The number of aromatic nitrogens is 6. The highest BCUT2D eigenvalue weighted by molar-refractivity contribution is 5.96. The maximum absolute atomic E-state index is 13.4. The quantitative estimate of drug-likeness (QED) is 0.292. The van der Waals surface area contributed by atoms with E-state index in [1.54, 1.807) is 42.8 Å². The molecule has 11 nitrogen and oxygen atoms in total. The zero-order valence-electron chi connectivity index (χ0n) is 23.7. The summed E-state index contributed by atoms with van der Waals surface area (Å²) in [6.45, 7) is 11.8. The van der Waals surface area contributed by atoms with Gasteiger partial charge in [-0.2, -0.15) is 4.98 Å². The lowest BCUT2D eigenvalue weighted by molar-refractivity contribution is 0.0533. The number of aryl methyl sites for hydroxylation is 1. The van der Waals surface area contributed by atoms with Crippen LogP contribution in [0.3, 0.4) is 0 Å². The Hall–Kier alpha value is -4.48. The van der Waals surface area contributed by atoms with Crippen molar-refractivity contribution in [1.82, 2.24) is 28.9 Å². The van der Waals surface area contributed by atoms with Crippen molar-refractivity contribution in [1.29, 1.82) is 0 Å². The van der Waals surface area contributed by atoms with E-state index < -0.39 is 5.60 Å². The number of nitrogens with zero attached hydrogens (tertiary/aromatic N) is 7. The maximum atomic E-state index is 13.4. The van der Waals surface area contributed by atoms with Crippen molar-refractivity contribution in [2.45, 2.75) is 39.0 Å². The topological polar surface area (TPSA) is 115 Å². The second-order valence-corrected chi connectivity index (χ2v) is 11.0. The smallest absolute Gasteiger partial charge is 0.278 e. The molecule has 212 valence electrons. The summed E-state index contributed by atoms with van der Waals surface area (Å²) in [5.74, 6) is 0.799. The maximum Gasteiger partial charge on any atom is 0.278 e. The monoisotopic (exact) mass is 554 g/mol. The van der Waals surface area contributed by atoms with Crippen molar-refractivity contribution in [2.24, 2.45) is 7.05 Å². The van der Waals surface area contributed by atoms with Gasteiger partial charge in [0.25, 0.3) is 5.56 Å². The van der Waals surface area contributed by atoms with Crippen LogP contribution in [0.25, 0.3) is 27.8 Å². The van der Waals surface area contributed by atoms with Gasteiger partial charge in [0.05, 0.1) is 30.5 Å². The number of nitrogens with one attached hydrogen (secondary N) is 1. The Labute approximate surface area is 237 Å². The Morgan fingerprint density at radius 2 is 2.05 bits per heavy atom. The Kier molecular flexibility index (Phi) is 6.63. The van der Waals surface area contributed by atoms with Crippen molar-refractivity contribution < 1.29 is 9.84 Å². The molecule has 0 saturated carbocycles. The van der Waals surface area contributed by atoms with Crippen LogP contribution in [-0.4, -0.2) is 59.8 Å². The lowest BCUT2D eigenvalue weighted by Crippen LogP contribution is -2.41. The van der Waals surface area contributed by atoms with Crippen LogP contribution in [-0.2, 0) is 23.9 Å². The molecule has 41 heavy (non-hydrogen) atoms. The number of morpholine rings is 1. The molecule has 4 aromatic heterocycles. The predicted octanol–water partition coefficient (Wildman–Crippen LogP) is 3.85. The number of pyridine rings is 1. The summed E-state index contributed by atoms with van der Waals surface area (Å²) in [5, 5.41) is 15.5. The van der Waals surface area contributed by atoms with Crippen LogP contribution < -0.4 is 15.8 Å². The predicted molar refractivity (Wildman–Crippen MR) is 160 cm³/mol. The Bertz CT molecular complexity index is 1830. The molecule has 1 saturated heterocycles. The molecule has 0 radical (unpaired) electrons. The Morgan fingerprint density at radius 1 is 1.22 bits per heavy atom. The number of aliphatic hydroxyl groups is 1. The molecular formula is C30H34N8O3. The molecule has 0 amide bonds. The van der Waals surface area contributed by atoms with Crippen LogP contribution in [0.5, 0.6) is 0 Å². The molecule has 0 unspecified atom stereocenters. The minimum absolute atomic E-state index is 0.143. The van der Waals surface area contributed by atoms with Gasteiger partial charge in [0, 0.05) is 49.3 Å². The van der Waals surface area contributed by atoms with Crippen LogP contribution in [0.15, 0.2) is 66.2 Å². The molecule has 0 bridgehead atoms. The lowest BCUT2D eigenvalue weighted by Gasteiger charge is -2.33.